The summed E-state index contributed by atoms with van der Waals surface area (Å²) in [5.41, 5.74) is 2.02. The van der Waals surface area contributed by atoms with Crippen molar-refractivity contribution in [1.82, 2.24) is 15.0 Å². The smallest absolute Gasteiger partial charge is 0.259 e. The average molecular weight is 263 g/mol. The Bertz CT molecular complexity index is 600. The highest BCUT2D eigenvalue weighted by molar-refractivity contribution is 6.29. The first-order chi connectivity index (χ1) is 8.56. The van der Waals surface area contributed by atoms with Gasteiger partial charge in [-0.15, -0.1) is 0 Å². The van der Waals surface area contributed by atoms with Crippen molar-refractivity contribution >= 4 is 23.5 Å². The topological polar surface area (TPSA) is 67.8 Å². The number of aromatic nitrogens is 3. The van der Waals surface area contributed by atoms with E-state index in [0.717, 1.165) is 5.69 Å². The molecule has 0 spiro atoms. The minimum Gasteiger partial charge on any atom is -0.290 e. The van der Waals surface area contributed by atoms with Gasteiger partial charge >= 0.3 is 0 Å². The van der Waals surface area contributed by atoms with E-state index >= 15 is 0 Å². The van der Waals surface area contributed by atoms with Crippen molar-refractivity contribution in [3.63, 3.8) is 0 Å². The number of nitrogens with one attached hydrogen (secondary N) is 1. The minimum atomic E-state index is -0.303. The molecule has 0 saturated carbocycles. The van der Waals surface area contributed by atoms with Crippen LogP contribution >= 0.6 is 11.6 Å². The Balaban J connectivity index is 2.22. The van der Waals surface area contributed by atoms with E-state index in [1.54, 1.807) is 19.1 Å². The van der Waals surface area contributed by atoms with Crippen LogP contribution in [0.3, 0.4) is 0 Å². The van der Waals surface area contributed by atoms with Gasteiger partial charge in [0.05, 0.1) is 11.3 Å². The fraction of sp³-hybridized carbons (Fsp3) is 0.167. The van der Waals surface area contributed by atoms with Crippen LogP contribution in [0.5, 0.6) is 0 Å². The molecule has 0 aliphatic heterocycles. The number of hydrogen-bond donors (Lipinski definition) is 1. The van der Waals surface area contributed by atoms with Gasteiger partial charge in [-0.2, -0.15) is 0 Å². The van der Waals surface area contributed by atoms with E-state index in [0.29, 0.717) is 11.3 Å². The molecule has 18 heavy (non-hydrogen) atoms. The van der Waals surface area contributed by atoms with Crippen molar-refractivity contribution < 1.29 is 4.79 Å². The summed E-state index contributed by atoms with van der Waals surface area (Å²) in [7, 11) is 0. The van der Waals surface area contributed by atoms with Crippen molar-refractivity contribution in [3.8, 4) is 0 Å². The maximum Gasteiger partial charge on any atom is 0.259 e. The Kier molecular flexibility index (Phi) is 3.53. The van der Waals surface area contributed by atoms with Gasteiger partial charge in [0.15, 0.2) is 0 Å². The van der Waals surface area contributed by atoms with Crippen molar-refractivity contribution in [1.29, 1.82) is 0 Å². The summed E-state index contributed by atoms with van der Waals surface area (Å²) in [5, 5.41) is 2.85. The van der Waals surface area contributed by atoms with Crippen LogP contribution < -0.4 is 5.32 Å². The molecule has 2 rings (SSSR count). The third-order valence-electron chi connectivity index (χ3n) is 2.32. The molecule has 6 heteroatoms. The lowest BCUT2D eigenvalue weighted by Crippen LogP contribution is -2.16. The van der Waals surface area contributed by atoms with Crippen LogP contribution in [-0.4, -0.2) is 20.9 Å². The minimum absolute atomic E-state index is 0.174. The molecular formula is C12H11ClN4O. The van der Waals surface area contributed by atoms with Gasteiger partial charge in [0.1, 0.15) is 5.15 Å². The van der Waals surface area contributed by atoms with Crippen molar-refractivity contribution in [2.75, 3.05) is 5.32 Å². The van der Waals surface area contributed by atoms with E-state index in [1.807, 2.05) is 6.92 Å². The first-order valence-corrected chi connectivity index (χ1v) is 5.68. The number of nitrogens with zero attached hydrogens (tertiary/aromatic N) is 3. The molecule has 0 bridgehead atoms. The summed E-state index contributed by atoms with van der Waals surface area (Å²) >= 11 is 5.71. The molecule has 0 atom stereocenters. The van der Waals surface area contributed by atoms with E-state index in [2.05, 4.69) is 20.3 Å². The van der Waals surface area contributed by atoms with Gasteiger partial charge < -0.3 is 0 Å². The van der Waals surface area contributed by atoms with Crippen molar-refractivity contribution in [3.05, 3.63) is 46.5 Å². The number of aryl methyl sites for hydroxylation is 2. The number of amides is 1. The van der Waals surface area contributed by atoms with Crippen molar-refractivity contribution in [2.24, 2.45) is 0 Å². The lowest BCUT2D eigenvalue weighted by Gasteiger charge is -2.06. The van der Waals surface area contributed by atoms with E-state index in [-0.39, 0.29) is 17.0 Å². The van der Waals surface area contributed by atoms with Crippen molar-refractivity contribution in [2.45, 2.75) is 13.8 Å². The van der Waals surface area contributed by atoms with Gasteiger partial charge in [-0.3, -0.25) is 15.1 Å². The fourth-order valence-electron chi connectivity index (χ4n) is 1.49. The Morgan fingerprint density at radius 3 is 2.67 bits per heavy atom. The molecule has 0 saturated heterocycles. The Morgan fingerprint density at radius 2 is 2.00 bits per heavy atom. The lowest BCUT2D eigenvalue weighted by molar-refractivity contribution is 0.102. The number of hydrogen-bond acceptors (Lipinski definition) is 4. The fourth-order valence-corrected chi connectivity index (χ4v) is 1.63. The molecule has 0 fully saturated rings. The molecule has 2 aromatic heterocycles. The molecule has 1 N–H and O–H groups in total. The third kappa shape index (κ3) is 2.81. The molecule has 2 aromatic rings. The standard InChI is InChI=1S/C12H11ClN4O/c1-7-3-4-9(8(2)15-7)11(18)17-12-14-6-5-10(13)16-12/h3-6H,1-2H3,(H,14,16,17,18). The van der Waals surface area contributed by atoms with Gasteiger partial charge in [-0.05, 0) is 32.0 Å². The predicted molar refractivity (Wildman–Crippen MR) is 68.7 cm³/mol. The number of halogens is 1. The summed E-state index contributed by atoms with van der Waals surface area (Å²) in [5.74, 6) is -0.130. The zero-order valence-corrected chi connectivity index (χ0v) is 10.7. The monoisotopic (exact) mass is 262 g/mol. The summed E-state index contributed by atoms with van der Waals surface area (Å²) in [4.78, 5) is 24.0. The largest absolute Gasteiger partial charge is 0.290 e. The van der Waals surface area contributed by atoms with Crippen LogP contribution in [-0.2, 0) is 0 Å². The second-order valence-electron chi connectivity index (χ2n) is 3.74. The lowest BCUT2D eigenvalue weighted by atomic mass is 10.2. The number of carbonyl (C=O) groups excluding carboxylic acids is 1. The molecule has 0 aliphatic carbocycles. The number of carbonyl (C=O) groups is 1. The van der Waals surface area contributed by atoms with Crippen LogP contribution in [0.4, 0.5) is 5.95 Å². The highest BCUT2D eigenvalue weighted by Crippen LogP contribution is 2.10. The van der Waals surface area contributed by atoms with E-state index < -0.39 is 0 Å². The van der Waals surface area contributed by atoms with Gasteiger partial charge in [0.25, 0.3) is 5.91 Å². The molecule has 0 aromatic carbocycles. The van der Waals surface area contributed by atoms with Crippen LogP contribution in [0.25, 0.3) is 0 Å². The van der Waals surface area contributed by atoms with E-state index in [9.17, 15) is 4.79 Å². The summed E-state index contributed by atoms with van der Waals surface area (Å²) in [6.07, 6.45) is 1.48. The van der Waals surface area contributed by atoms with Crippen LogP contribution in [0.2, 0.25) is 5.15 Å². The highest BCUT2D eigenvalue weighted by atomic mass is 35.5. The van der Waals surface area contributed by atoms with Crippen LogP contribution in [0.15, 0.2) is 24.4 Å². The quantitative estimate of drug-likeness (QED) is 0.844. The summed E-state index contributed by atoms with van der Waals surface area (Å²) < 4.78 is 0. The molecule has 0 aliphatic rings. The predicted octanol–water partition coefficient (Wildman–Crippen LogP) is 2.39. The zero-order valence-electron chi connectivity index (χ0n) is 9.94. The summed E-state index contributed by atoms with van der Waals surface area (Å²) in [6, 6.07) is 5.04. The number of pyridine rings is 1. The van der Waals surface area contributed by atoms with Gasteiger partial charge in [0, 0.05) is 11.9 Å². The summed E-state index contributed by atoms with van der Waals surface area (Å²) in [6.45, 7) is 3.65. The first-order valence-electron chi connectivity index (χ1n) is 5.30. The van der Waals surface area contributed by atoms with Crippen LogP contribution in [0, 0.1) is 13.8 Å². The first kappa shape index (κ1) is 12.4. The second kappa shape index (κ2) is 5.10. The Labute approximate surface area is 109 Å². The molecule has 92 valence electrons. The van der Waals surface area contributed by atoms with Gasteiger partial charge in [-0.25, -0.2) is 9.97 Å². The SMILES string of the molecule is Cc1ccc(C(=O)Nc2nccc(Cl)n2)c(C)n1. The Morgan fingerprint density at radius 1 is 1.22 bits per heavy atom. The van der Waals surface area contributed by atoms with Gasteiger partial charge in [0.2, 0.25) is 5.95 Å². The molecule has 0 radical (unpaired) electrons. The third-order valence-corrected chi connectivity index (χ3v) is 2.53. The zero-order chi connectivity index (χ0) is 13.1. The molecule has 0 unspecified atom stereocenters. The number of anilines is 1. The van der Waals surface area contributed by atoms with E-state index in [1.165, 1.54) is 12.3 Å². The average Bonchev–Trinajstić information content (AvgIpc) is 2.28. The molecular weight excluding hydrogens is 252 g/mol. The molecule has 1 amide bonds. The maximum absolute atomic E-state index is 12.0. The van der Waals surface area contributed by atoms with E-state index in [4.69, 9.17) is 11.6 Å². The van der Waals surface area contributed by atoms with Gasteiger partial charge in [-0.1, -0.05) is 11.6 Å². The highest BCUT2D eigenvalue weighted by Gasteiger charge is 2.11. The van der Waals surface area contributed by atoms with Crippen LogP contribution in [0.1, 0.15) is 21.7 Å². The molecule has 2 heterocycles. The normalized spacial score (nSPS) is 10.2. The molecule has 5 nitrogen and oxygen atoms in total. The maximum atomic E-state index is 12.0. The Hall–Kier alpha value is -2.01. The second-order valence-corrected chi connectivity index (χ2v) is 4.13. The number of rotatable bonds is 2.